The van der Waals surface area contributed by atoms with Crippen molar-refractivity contribution in [1.29, 1.82) is 0 Å². The minimum atomic E-state index is -0.443. The molecule has 5 nitrogen and oxygen atoms in total. The molecule has 4 rings (SSSR count). The fraction of sp³-hybridized carbons (Fsp3) is 0.381. The van der Waals surface area contributed by atoms with Crippen LogP contribution in [0.25, 0.3) is 10.2 Å². The van der Waals surface area contributed by atoms with Gasteiger partial charge in [0.05, 0.1) is 5.39 Å². The van der Waals surface area contributed by atoms with Crippen LogP contribution in [0.5, 0.6) is 0 Å². The number of benzene rings is 1. The van der Waals surface area contributed by atoms with E-state index in [1.165, 1.54) is 28.6 Å². The van der Waals surface area contributed by atoms with E-state index in [0.29, 0.717) is 5.16 Å². The first-order valence-corrected chi connectivity index (χ1v) is 11.1. The van der Waals surface area contributed by atoms with Gasteiger partial charge in [0.25, 0.3) is 5.56 Å². The number of fused-ring (bicyclic) bond motifs is 3. The molecule has 0 bridgehead atoms. The van der Waals surface area contributed by atoms with E-state index in [9.17, 15) is 9.59 Å². The minimum absolute atomic E-state index is 0.00369. The smallest absolute Gasteiger partial charge is 0.262 e. The second kappa shape index (κ2) is 7.72. The van der Waals surface area contributed by atoms with Crippen LogP contribution in [0.15, 0.2) is 40.3 Å². The van der Waals surface area contributed by atoms with E-state index in [1.54, 1.807) is 41.9 Å². The average molecular weight is 414 g/mol. The zero-order valence-corrected chi connectivity index (χ0v) is 17.9. The lowest BCUT2D eigenvalue weighted by molar-refractivity contribution is -0.128. The third-order valence-corrected chi connectivity index (χ3v) is 7.62. The normalized spacial score (nSPS) is 14.7. The van der Waals surface area contributed by atoms with Gasteiger partial charge in [0.1, 0.15) is 10.1 Å². The predicted octanol–water partition coefficient (Wildman–Crippen LogP) is 3.80. The van der Waals surface area contributed by atoms with Crippen molar-refractivity contribution in [3.05, 3.63) is 56.7 Å². The predicted molar refractivity (Wildman–Crippen MR) is 115 cm³/mol. The van der Waals surface area contributed by atoms with Crippen molar-refractivity contribution in [1.82, 2.24) is 14.5 Å². The number of rotatable bonds is 4. The van der Waals surface area contributed by atoms with Crippen molar-refractivity contribution < 1.29 is 4.79 Å². The zero-order valence-electron chi connectivity index (χ0n) is 16.3. The molecule has 0 N–H and O–H groups in total. The van der Waals surface area contributed by atoms with Gasteiger partial charge in [-0.2, -0.15) is 0 Å². The highest BCUT2D eigenvalue weighted by Gasteiger charge is 2.27. The molecule has 0 aliphatic heterocycles. The van der Waals surface area contributed by atoms with Crippen LogP contribution >= 0.6 is 23.1 Å². The summed E-state index contributed by atoms with van der Waals surface area (Å²) in [5.74, 6) is -0.0176. The van der Waals surface area contributed by atoms with Gasteiger partial charge in [-0.05, 0) is 36.8 Å². The summed E-state index contributed by atoms with van der Waals surface area (Å²) >= 11 is 2.99. The van der Waals surface area contributed by atoms with Gasteiger partial charge < -0.3 is 4.90 Å². The highest BCUT2D eigenvalue weighted by Crippen LogP contribution is 2.38. The maximum Gasteiger partial charge on any atom is 0.262 e. The van der Waals surface area contributed by atoms with E-state index < -0.39 is 5.25 Å². The Hall–Kier alpha value is -2.12. The number of amides is 1. The highest BCUT2D eigenvalue weighted by molar-refractivity contribution is 8.00. The Bertz CT molecular complexity index is 1090. The first-order valence-electron chi connectivity index (χ1n) is 9.41. The molecule has 1 aromatic carbocycles. The van der Waals surface area contributed by atoms with E-state index in [1.807, 2.05) is 30.3 Å². The van der Waals surface area contributed by atoms with E-state index in [0.717, 1.165) is 35.0 Å². The zero-order chi connectivity index (χ0) is 19.8. The molecule has 1 aliphatic carbocycles. The van der Waals surface area contributed by atoms with Gasteiger partial charge in [0, 0.05) is 26.0 Å². The fourth-order valence-corrected chi connectivity index (χ4v) is 6.11. The standard InChI is InChI=1S/C21H23N3O2S2/c1-23(2)20(26)17(13-9-5-4-6-10-13)28-21-22-18-16(19(25)24(21)3)14-11-7-8-12-15(14)27-18/h4-6,9-10,17H,7-8,11-12H2,1-3H3. The fourth-order valence-electron chi connectivity index (χ4n) is 3.60. The molecule has 0 fully saturated rings. The summed E-state index contributed by atoms with van der Waals surface area (Å²) in [4.78, 5) is 34.5. The molecule has 0 saturated heterocycles. The van der Waals surface area contributed by atoms with Crippen molar-refractivity contribution in [2.45, 2.75) is 36.1 Å². The monoisotopic (exact) mass is 413 g/mol. The Balaban J connectivity index is 1.80. The van der Waals surface area contributed by atoms with Crippen molar-refractivity contribution in [3.63, 3.8) is 0 Å². The molecule has 1 amide bonds. The Labute approximate surface area is 172 Å². The second-order valence-corrected chi connectivity index (χ2v) is 9.45. The minimum Gasteiger partial charge on any atom is -0.348 e. The quantitative estimate of drug-likeness (QED) is 0.482. The molecular formula is C21H23N3O2S2. The number of thioether (sulfide) groups is 1. The van der Waals surface area contributed by atoms with Gasteiger partial charge in [-0.3, -0.25) is 14.2 Å². The summed E-state index contributed by atoms with van der Waals surface area (Å²) in [6.07, 6.45) is 4.30. The topological polar surface area (TPSA) is 55.2 Å². The number of carbonyl (C=O) groups is 1. The van der Waals surface area contributed by atoms with Crippen LogP contribution in [0, 0.1) is 0 Å². The lowest BCUT2D eigenvalue weighted by Gasteiger charge is -2.21. The van der Waals surface area contributed by atoms with Gasteiger partial charge in [0.2, 0.25) is 5.91 Å². The van der Waals surface area contributed by atoms with Gasteiger partial charge >= 0.3 is 0 Å². The maximum atomic E-state index is 13.1. The lowest BCUT2D eigenvalue weighted by atomic mass is 9.97. The van der Waals surface area contributed by atoms with Crippen molar-refractivity contribution in [3.8, 4) is 0 Å². The van der Waals surface area contributed by atoms with Crippen LogP contribution in [0.2, 0.25) is 0 Å². The number of aromatic nitrogens is 2. The molecule has 1 aliphatic rings. The molecule has 0 radical (unpaired) electrons. The number of hydrogen-bond acceptors (Lipinski definition) is 5. The van der Waals surface area contributed by atoms with Crippen LogP contribution in [-0.2, 0) is 24.7 Å². The third-order valence-electron chi connectivity index (χ3n) is 5.15. The van der Waals surface area contributed by atoms with Gasteiger partial charge in [0.15, 0.2) is 5.16 Å². The summed E-state index contributed by atoms with van der Waals surface area (Å²) in [7, 11) is 5.26. The van der Waals surface area contributed by atoms with E-state index in [-0.39, 0.29) is 11.5 Å². The summed E-state index contributed by atoms with van der Waals surface area (Å²) in [5.41, 5.74) is 2.10. The average Bonchev–Trinajstić information content (AvgIpc) is 3.08. The lowest BCUT2D eigenvalue weighted by Crippen LogP contribution is -2.28. The van der Waals surface area contributed by atoms with Gasteiger partial charge in [-0.1, -0.05) is 42.1 Å². The van der Waals surface area contributed by atoms with Gasteiger partial charge in [-0.15, -0.1) is 11.3 Å². The number of aryl methyl sites for hydroxylation is 2. The molecule has 2 aromatic heterocycles. The highest BCUT2D eigenvalue weighted by atomic mass is 32.2. The van der Waals surface area contributed by atoms with Crippen LogP contribution in [0.3, 0.4) is 0 Å². The number of nitrogens with zero attached hydrogens (tertiary/aromatic N) is 3. The molecule has 28 heavy (non-hydrogen) atoms. The Morgan fingerprint density at radius 1 is 1.21 bits per heavy atom. The maximum absolute atomic E-state index is 13.1. The number of hydrogen-bond donors (Lipinski definition) is 0. The summed E-state index contributed by atoms with van der Waals surface area (Å²) in [5, 5.41) is 0.920. The Morgan fingerprint density at radius 3 is 2.64 bits per heavy atom. The summed E-state index contributed by atoms with van der Waals surface area (Å²) < 4.78 is 1.60. The molecule has 1 unspecified atom stereocenters. The molecule has 7 heteroatoms. The SMILES string of the molecule is CN(C)C(=O)C(Sc1nc2sc3c(c2c(=O)n1C)CCCC3)c1ccccc1. The molecule has 0 saturated carbocycles. The van der Waals surface area contributed by atoms with Crippen LogP contribution < -0.4 is 5.56 Å². The summed E-state index contributed by atoms with van der Waals surface area (Å²) in [6.45, 7) is 0. The third kappa shape index (κ3) is 3.37. The van der Waals surface area contributed by atoms with E-state index >= 15 is 0 Å². The molecular weight excluding hydrogens is 390 g/mol. The van der Waals surface area contributed by atoms with Crippen molar-refractivity contribution >= 4 is 39.2 Å². The first-order chi connectivity index (χ1) is 13.5. The van der Waals surface area contributed by atoms with Gasteiger partial charge in [-0.25, -0.2) is 4.98 Å². The molecule has 3 aromatic rings. The number of thiophene rings is 1. The largest absolute Gasteiger partial charge is 0.348 e. The molecule has 146 valence electrons. The van der Waals surface area contributed by atoms with Crippen molar-refractivity contribution in [2.24, 2.45) is 7.05 Å². The van der Waals surface area contributed by atoms with Crippen LogP contribution in [0.4, 0.5) is 0 Å². The van der Waals surface area contributed by atoms with E-state index in [4.69, 9.17) is 4.98 Å². The van der Waals surface area contributed by atoms with Crippen LogP contribution in [0.1, 0.15) is 34.1 Å². The molecule has 1 atom stereocenters. The first kappa shape index (κ1) is 19.2. The van der Waals surface area contributed by atoms with Crippen molar-refractivity contribution in [2.75, 3.05) is 14.1 Å². The van der Waals surface area contributed by atoms with E-state index in [2.05, 4.69) is 0 Å². The molecule has 2 heterocycles. The molecule has 0 spiro atoms. The second-order valence-electron chi connectivity index (χ2n) is 7.29. The summed E-state index contributed by atoms with van der Waals surface area (Å²) in [6, 6.07) is 9.67. The number of carbonyl (C=O) groups excluding carboxylic acids is 1. The number of likely N-dealkylation sites (N-methyl/N-ethyl adjacent to an activating group) is 1. The Morgan fingerprint density at radius 2 is 1.93 bits per heavy atom. The Kier molecular flexibility index (Phi) is 5.29. The van der Waals surface area contributed by atoms with Crippen LogP contribution in [-0.4, -0.2) is 34.5 Å².